The summed E-state index contributed by atoms with van der Waals surface area (Å²) in [5.41, 5.74) is 2.00. The molecule has 1 aromatic rings. The van der Waals surface area contributed by atoms with Crippen LogP contribution in [0.25, 0.3) is 0 Å². The van der Waals surface area contributed by atoms with E-state index < -0.39 is 14.6 Å². The van der Waals surface area contributed by atoms with Crippen LogP contribution in [0, 0.1) is 31.1 Å². The minimum Gasteiger partial charge on any atom is -0.222 e. The molecular weight excluding hydrogens is 246 g/mol. The predicted molar refractivity (Wildman–Crippen MR) is 69.8 cm³/mol. The lowest BCUT2D eigenvalue weighted by Gasteiger charge is -2.12. The van der Waals surface area contributed by atoms with Gasteiger partial charge in [0, 0.05) is 0 Å². The molecule has 2 rings (SSSR count). The van der Waals surface area contributed by atoms with E-state index in [2.05, 4.69) is 0 Å². The fourth-order valence-electron chi connectivity index (χ4n) is 2.40. The monoisotopic (exact) mass is 263 g/mol. The zero-order valence-electron chi connectivity index (χ0n) is 10.9. The van der Waals surface area contributed by atoms with Gasteiger partial charge in [-0.15, -0.1) is 0 Å². The molecule has 3 nitrogen and oxygen atoms in total. The lowest BCUT2D eigenvalue weighted by molar-refractivity contribution is 0.581. The number of hydrogen-bond acceptors (Lipinski definition) is 3. The minimum absolute atomic E-state index is 0.0193. The van der Waals surface area contributed by atoms with Gasteiger partial charge in [-0.2, -0.15) is 5.26 Å². The Morgan fingerprint density at radius 3 is 2.50 bits per heavy atom. The number of rotatable bonds is 3. The molecule has 4 heteroatoms. The average Bonchev–Trinajstić information content (AvgIpc) is 3.08. The first kappa shape index (κ1) is 13.1. The zero-order chi connectivity index (χ0) is 13.6. The third-order valence-electron chi connectivity index (χ3n) is 4.00. The maximum absolute atomic E-state index is 12.6. The molecule has 0 aliphatic heterocycles. The fraction of sp³-hybridized carbons (Fsp3) is 0.500. The highest BCUT2D eigenvalue weighted by Gasteiger charge is 2.64. The molecule has 0 bridgehead atoms. The summed E-state index contributed by atoms with van der Waals surface area (Å²) in [5.74, 6) is -0.0193. The van der Waals surface area contributed by atoms with Gasteiger partial charge >= 0.3 is 0 Å². The lowest BCUT2D eigenvalue weighted by atomic mass is 10.1. The maximum atomic E-state index is 12.6. The highest BCUT2D eigenvalue weighted by Crippen LogP contribution is 2.53. The van der Waals surface area contributed by atoms with E-state index in [1.54, 1.807) is 18.2 Å². The van der Waals surface area contributed by atoms with Crippen molar-refractivity contribution in [3.05, 3.63) is 29.3 Å². The number of hydrogen-bond donors (Lipinski definition) is 0. The third-order valence-corrected chi connectivity index (χ3v) is 6.42. The van der Waals surface area contributed by atoms with Gasteiger partial charge in [-0.05, 0) is 49.4 Å². The molecule has 0 saturated heterocycles. The van der Waals surface area contributed by atoms with Crippen molar-refractivity contribution < 1.29 is 8.42 Å². The smallest absolute Gasteiger partial charge is 0.197 e. The summed E-state index contributed by atoms with van der Waals surface area (Å²) in [6, 6.07) is 7.13. The highest BCUT2D eigenvalue weighted by molar-refractivity contribution is 7.93. The van der Waals surface area contributed by atoms with Gasteiger partial charge in [-0.3, -0.25) is 0 Å². The molecule has 96 valence electrons. The van der Waals surface area contributed by atoms with E-state index in [0.717, 1.165) is 17.5 Å². The van der Waals surface area contributed by atoms with Crippen LogP contribution in [0.5, 0.6) is 0 Å². The molecule has 1 saturated carbocycles. The van der Waals surface area contributed by atoms with Crippen LogP contribution < -0.4 is 0 Å². The number of nitriles is 1. The van der Waals surface area contributed by atoms with Crippen molar-refractivity contribution in [1.82, 2.24) is 0 Å². The van der Waals surface area contributed by atoms with E-state index in [4.69, 9.17) is 0 Å². The number of sulfone groups is 1. The molecule has 1 aliphatic carbocycles. The highest BCUT2D eigenvalue weighted by atomic mass is 32.2. The molecule has 0 radical (unpaired) electrons. The van der Waals surface area contributed by atoms with Gasteiger partial charge in [0.05, 0.1) is 11.0 Å². The Labute approximate surface area is 108 Å². The molecule has 0 aromatic heterocycles. The van der Waals surface area contributed by atoms with E-state index >= 15 is 0 Å². The second-order valence-electron chi connectivity index (χ2n) is 5.06. The summed E-state index contributed by atoms with van der Waals surface area (Å²) < 4.78 is 23.9. The van der Waals surface area contributed by atoms with E-state index in [9.17, 15) is 13.7 Å². The quantitative estimate of drug-likeness (QED) is 0.842. The van der Waals surface area contributed by atoms with Crippen molar-refractivity contribution in [2.24, 2.45) is 5.92 Å². The summed E-state index contributed by atoms with van der Waals surface area (Å²) in [4.78, 5) is 0.281. The van der Waals surface area contributed by atoms with Gasteiger partial charge in [0.25, 0.3) is 0 Å². The van der Waals surface area contributed by atoms with Crippen molar-refractivity contribution in [1.29, 1.82) is 5.26 Å². The Kier molecular flexibility index (Phi) is 2.98. The molecule has 18 heavy (non-hydrogen) atoms. The molecule has 0 heterocycles. The summed E-state index contributed by atoms with van der Waals surface area (Å²) in [5, 5.41) is 9.25. The zero-order valence-corrected chi connectivity index (χ0v) is 11.7. The maximum Gasteiger partial charge on any atom is 0.197 e. The summed E-state index contributed by atoms with van der Waals surface area (Å²) in [6.07, 6.45) is 1.20. The van der Waals surface area contributed by atoms with Crippen molar-refractivity contribution >= 4 is 9.84 Å². The molecule has 0 N–H and O–H groups in total. The van der Waals surface area contributed by atoms with Crippen LogP contribution in [0.1, 0.15) is 30.9 Å². The molecule has 1 fully saturated rings. The van der Waals surface area contributed by atoms with Crippen LogP contribution in [0.15, 0.2) is 23.1 Å². The number of benzene rings is 1. The first-order valence-corrected chi connectivity index (χ1v) is 7.60. The largest absolute Gasteiger partial charge is 0.222 e. The standard InChI is InChI=1S/C14H17NO2S/c1-4-12-8-14(12,9-15)18(16,17)13-6-5-10(2)11(3)7-13/h5-7,12H,4,8H2,1-3H3. The van der Waals surface area contributed by atoms with Crippen molar-refractivity contribution in [2.45, 2.75) is 43.3 Å². The summed E-state index contributed by atoms with van der Waals surface area (Å²) in [7, 11) is -3.54. The molecule has 2 atom stereocenters. The summed E-state index contributed by atoms with van der Waals surface area (Å²) >= 11 is 0. The van der Waals surface area contributed by atoms with Crippen LogP contribution in [0.4, 0.5) is 0 Å². The average molecular weight is 263 g/mol. The number of nitrogens with zero attached hydrogens (tertiary/aromatic N) is 1. The first-order chi connectivity index (χ1) is 8.39. The minimum atomic E-state index is -3.54. The lowest BCUT2D eigenvalue weighted by Crippen LogP contribution is -2.24. The third kappa shape index (κ3) is 1.65. The number of aryl methyl sites for hydroxylation is 2. The normalized spacial score (nSPS) is 26.7. The van der Waals surface area contributed by atoms with Crippen LogP contribution in [-0.4, -0.2) is 13.2 Å². The second kappa shape index (κ2) is 4.10. The van der Waals surface area contributed by atoms with Gasteiger partial charge in [-0.1, -0.05) is 19.4 Å². The molecule has 1 aliphatic rings. The van der Waals surface area contributed by atoms with Gasteiger partial charge in [-0.25, -0.2) is 8.42 Å². The predicted octanol–water partition coefficient (Wildman–Crippen LogP) is 2.77. The SMILES string of the molecule is CCC1CC1(C#N)S(=O)(=O)c1ccc(C)c(C)c1. The van der Waals surface area contributed by atoms with Gasteiger partial charge < -0.3 is 0 Å². The molecule has 1 aromatic carbocycles. The summed E-state index contributed by atoms with van der Waals surface area (Å²) in [6.45, 7) is 5.76. The van der Waals surface area contributed by atoms with Crippen LogP contribution >= 0.6 is 0 Å². The topological polar surface area (TPSA) is 57.9 Å². The van der Waals surface area contributed by atoms with Crippen molar-refractivity contribution in [3.8, 4) is 6.07 Å². The van der Waals surface area contributed by atoms with E-state index in [1.165, 1.54) is 0 Å². The van der Waals surface area contributed by atoms with Gasteiger partial charge in [0.15, 0.2) is 14.6 Å². The Morgan fingerprint density at radius 2 is 2.06 bits per heavy atom. The van der Waals surface area contributed by atoms with Crippen LogP contribution in [0.3, 0.4) is 0 Å². The van der Waals surface area contributed by atoms with E-state index in [-0.39, 0.29) is 10.8 Å². The van der Waals surface area contributed by atoms with Crippen LogP contribution in [-0.2, 0) is 9.84 Å². The molecule has 0 amide bonds. The van der Waals surface area contributed by atoms with E-state index in [1.807, 2.05) is 26.8 Å². The Bertz CT molecular complexity index is 628. The Morgan fingerprint density at radius 1 is 1.39 bits per heavy atom. The Balaban J connectivity index is 2.50. The molecular formula is C14H17NO2S. The van der Waals surface area contributed by atoms with E-state index in [0.29, 0.717) is 6.42 Å². The Hall–Kier alpha value is -1.34. The van der Waals surface area contributed by atoms with Crippen molar-refractivity contribution in [3.63, 3.8) is 0 Å². The van der Waals surface area contributed by atoms with Gasteiger partial charge in [0.2, 0.25) is 0 Å². The molecule has 2 unspecified atom stereocenters. The molecule has 0 spiro atoms. The van der Waals surface area contributed by atoms with Gasteiger partial charge in [0.1, 0.15) is 0 Å². The first-order valence-electron chi connectivity index (χ1n) is 6.12. The van der Waals surface area contributed by atoms with Crippen molar-refractivity contribution in [2.75, 3.05) is 0 Å². The van der Waals surface area contributed by atoms with Crippen LogP contribution in [0.2, 0.25) is 0 Å². The fourth-order valence-corrected chi connectivity index (χ4v) is 4.54. The second-order valence-corrected chi connectivity index (χ2v) is 7.27.